The fourth-order valence-electron chi connectivity index (χ4n) is 1.92. The predicted octanol–water partition coefficient (Wildman–Crippen LogP) is 3.90. The average Bonchev–Trinajstić information content (AvgIpc) is 2.40. The standard InChI is InChI=1S/C15H17NOS/c1-3-16-18(17,14-10-5-4-6-11-14)15-12-8-7-9-13(15)2/h4-12H,3H2,1-2H3. The minimum atomic E-state index is -2.50. The van der Waals surface area contributed by atoms with Crippen LogP contribution in [0, 0.1) is 6.92 Å². The SMILES string of the molecule is CCN=S(=O)(c1ccccc1)c1ccccc1C. The Hall–Kier alpha value is -1.61. The Morgan fingerprint density at radius 1 is 1.00 bits per heavy atom. The van der Waals surface area contributed by atoms with Crippen LogP contribution in [-0.2, 0) is 9.73 Å². The maximum Gasteiger partial charge on any atom is 0.104 e. The molecule has 0 radical (unpaired) electrons. The molecule has 0 N–H and O–H groups in total. The summed E-state index contributed by atoms with van der Waals surface area (Å²) in [4.78, 5) is 1.60. The molecule has 18 heavy (non-hydrogen) atoms. The molecule has 2 rings (SSSR count). The van der Waals surface area contributed by atoms with Crippen LogP contribution in [0.4, 0.5) is 0 Å². The van der Waals surface area contributed by atoms with Crippen molar-refractivity contribution in [3.05, 3.63) is 60.2 Å². The third-order valence-electron chi connectivity index (χ3n) is 2.77. The summed E-state index contributed by atoms with van der Waals surface area (Å²) < 4.78 is 17.6. The van der Waals surface area contributed by atoms with Crippen LogP contribution >= 0.6 is 0 Å². The molecule has 0 heterocycles. The van der Waals surface area contributed by atoms with E-state index in [1.807, 2.05) is 68.4 Å². The van der Waals surface area contributed by atoms with Crippen LogP contribution in [0.1, 0.15) is 12.5 Å². The van der Waals surface area contributed by atoms with E-state index in [1.54, 1.807) is 0 Å². The van der Waals surface area contributed by atoms with Crippen molar-refractivity contribution in [1.29, 1.82) is 0 Å². The van der Waals surface area contributed by atoms with E-state index in [0.717, 1.165) is 15.4 Å². The second kappa shape index (κ2) is 5.36. The van der Waals surface area contributed by atoms with Gasteiger partial charge in [-0.1, -0.05) is 36.4 Å². The first-order chi connectivity index (χ1) is 8.68. The van der Waals surface area contributed by atoms with E-state index in [-0.39, 0.29) is 0 Å². The van der Waals surface area contributed by atoms with E-state index in [4.69, 9.17) is 0 Å². The van der Waals surface area contributed by atoms with Gasteiger partial charge < -0.3 is 0 Å². The molecule has 0 saturated carbocycles. The molecule has 0 aliphatic carbocycles. The van der Waals surface area contributed by atoms with Gasteiger partial charge >= 0.3 is 0 Å². The van der Waals surface area contributed by atoms with Gasteiger partial charge in [0.05, 0.1) is 9.79 Å². The zero-order chi connectivity index (χ0) is 13.0. The van der Waals surface area contributed by atoms with Gasteiger partial charge in [0.25, 0.3) is 0 Å². The number of aryl methyl sites for hydroxylation is 1. The van der Waals surface area contributed by atoms with Crippen LogP contribution < -0.4 is 0 Å². The van der Waals surface area contributed by atoms with Crippen LogP contribution in [0.2, 0.25) is 0 Å². The van der Waals surface area contributed by atoms with Gasteiger partial charge in [-0.05, 0) is 37.6 Å². The maximum absolute atomic E-state index is 13.2. The number of hydrogen-bond acceptors (Lipinski definition) is 2. The highest BCUT2D eigenvalue weighted by Gasteiger charge is 2.16. The summed E-state index contributed by atoms with van der Waals surface area (Å²) in [6, 6.07) is 17.2. The van der Waals surface area contributed by atoms with E-state index >= 15 is 0 Å². The van der Waals surface area contributed by atoms with E-state index in [9.17, 15) is 4.21 Å². The Morgan fingerprint density at radius 2 is 1.61 bits per heavy atom. The molecule has 3 heteroatoms. The van der Waals surface area contributed by atoms with Crippen molar-refractivity contribution in [2.24, 2.45) is 4.36 Å². The molecule has 0 aliphatic heterocycles. The highest BCUT2D eigenvalue weighted by molar-refractivity contribution is 7.93. The molecule has 0 spiro atoms. The largest absolute Gasteiger partial charge is 0.240 e. The van der Waals surface area contributed by atoms with Gasteiger partial charge in [0.15, 0.2) is 0 Å². The minimum Gasteiger partial charge on any atom is -0.240 e. The summed E-state index contributed by atoms with van der Waals surface area (Å²) in [5.41, 5.74) is 1.02. The van der Waals surface area contributed by atoms with Gasteiger partial charge in [-0.15, -0.1) is 0 Å². The third kappa shape index (κ3) is 2.31. The molecule has 2 nitrogen and oxygen atoms in total. The molecule has 0 bridgehead atoms. The fraction of sp³-hybridized carbons (Fsp3) is 0.200. The lowest BCUT2D eigenvalue weighted by Crippen LogP contribution is -2.04. The van der Waals surface area contributed by atoms with Crippen molar-refractivity contribution in [2.45, 2.75) is 23.6 Å². The summed E-state index contributed by atoms with van der Waals surface area (Å²) >= 11 is 0. The van der Waals surface area contributed by atoms with Gasteiger partial charge in [-0.25, -0.2) is 8.57 Å². The van der Waals surface area contributed by atoms with Crippen molar-refractivity contribution in [1.82, 2.24) is 0 Å². The van der Waals surface area contributed by atoms with Gasteiger partial charge in [0.1, 0.15) is 9.73 Å². The van der Waals surface area contributed by atoms with Crippen LogP contribution in [0.15, 0.2) is 68.8 Å². The van der Waals surface area contributed by atoms with Crippen molar-refractivity contribution in [2.75, 3.05) is 6.54 Å². The Bertz CT molecular complexity index is 641. The molecule has 2 aromatic rings. The summed E-state index contributed by atoms with van der Waals surface area (Å²) in [6.07, 6.45) is 0. The Balaban J connectivity index is 2.72. The van der Waals surface area contributed by atoms with Crippen molar-refractivity contribution < 1.29 is 4.21 Å². The van der Waals surface area contributed by atoms with Crippen LogP contribution in [0.3, 0.4) is 0 Å². The number of rotatable bonds is 3. The Labute approximate surface area is 109 Å². The molecule has 1 atom stereocenters. The minimum absolute atomic E-state index is 0.544. The smallest absolute Gasteiger partial charge is 0.104 e. The highest BCUT2D eigenvalue weighted by atomic mass is 32.2. The summed E-state index contributed by atoms with van der Waals surface area (Å²) in [5.74, 6) is 0. The summed E-state index contributed by atoms with van der Waals surface area (Å²) in [5, 5.41) is 0. The van der Waals surface area contributed by atoms with E-state index < -0.39 is 9.73 Å². The average molecular weight is 259 g/mol. The first kappa shape index (κ1) is 12.8. The quantitative estimate of drug-likeness (QED) is 0.822. The van der Waals surface area contributed by atoms with Crippen LogP contribution in [0.5, 0.6) is 0 Å². The van der Waals surface area contributed by atoms with Crippen molar-refractivity contribution >= 4 is 9.73 Å². The Morgan fingerprint density at radius 3 is 2.22 bits per heavy atom. The van der Waals surface area contributed by atoms with Gasteiger partial charge in [0, 0.05) is 6.54 Å². The number of nitrogens with zero attached hydrogens (tertiary/aromatic N) is 1. The van der Waals surface area contributed by atoms with E-state index in [2.05, 4.69) is 4.36 Å². The molecule has 0 amide bonds. The molecule has 0 fully saturated rings. The number of benzene rings is 2. The van der Waals surface area contributed by atoms with Crippen molar-refractivity contribution in [3.8, 4) is 0 Å². The topological polar surface area (TPSA) is 29.4 Å². The molecule has 0 aromatic heterocycles. The first-order valence-electron chi connectivity index (χ1n) is 6.02. The van der Waals surface area contributed by atoms with Crippen LogP contribution in [0.25, 0.3) is 0 Å². The van der Waals surface area contributed by atoms with E-state index in [0.29, 0.717) is 6.54 Å². The second-order valence-electron chi connectivity index (χ2n) is 4.05. The molecule has 94 valence electrons. The maximum atomic E-state index is 13.2. The third-order valence-corrected chi connectivity index (χ3v) is 5.35. The van der Waals surface area contributed by atoms with Gasteiger partial charge in [-0.2, -0.15) is 0 Å². The van der Waals surface area contributed by atoms with Gasteiger partial charge in [-0.3, -0.25) is 0 Å². The lowest BCUT2D eigenvalue weighted by Gasteiger charge is -2.12. The van der Waals surface area contributed by atoms with Crippen molar-refractivity contribution in [3.63, 3.8) is 0 Å². The fourth-order valence-corrected chi connectivity index (χ4v) is 4.12. The highest BCUT2D eigenvalue weighted by Crippen LogP contribution is 2.25. The van der Waals surface area contributed by atoms with Crippen LogP contribution in [-0.4, -0.2) is 10.8 Å². The first-order valence-corrected chi connectivity index (χ1v) is 7.53. The molecular formula is C15H17NOS. The second-order valence-corrected chi connectivity index (χ2v) is 6.27. The van der Waals surface area contributed by atoms with Gasteiger partial charge in [0.2, 0.25) is 0 Å². The molecule has 0 saturated heterocycles. The summed E-state index contributed by atoms with van der Waals surface area (Å²) in [7, 11) is -2.50. The lowest BCUT2D eigenvalue weighted by atomic mass is 10.2. The zero-order valence-corrected chi connectivity index (χ0v) is 11.5. The molecular weight excluding hydrogens is 242 g/mol. The molecule has 1 unspecified atom stereocenters. The van der Waals surface area contributed by atoms with E-state index in [1.165, 1.54) is 0 Å². The number of hydrogen-bond donors (Lipinski definition) is 0. The Kier molecular flexibility index (Phi) is 3.82. The normalized spacial score (nSPS) is 13.9. The monoisotopic (exact) mass is 259 g/mol. The summed E-state index contributed by atoms with van der Waals surface area (Å²) in [6.45, 7) is 4.44. The predicted molar refractivity (Wildman–Crippen MR) is 75.3 cm³/mol. The zero-order valence-electron chi connectivity index (χ0n) is 10.7. The lowest BCUT2D eigenvalue weighted by molar-refractivity contribution is 0.674. The molecule has 2 aromatic carbocycles. The molecule has 0 aliphatic rings.